The van der Waals surface area contributed by atoms with E-state index in [0.29, 0.717) is 17.3 Å². The minimum atomic E-state index is -1.29. The Balaban J connectivity index is 1.48. The highest BCUT2D eigenvalue weighted by atomic mass is 16.5. The van der Waals surface area contributed by atoms with Crippen molar-refractivity contribution < 1.29 is 24.7 Å². The highest BCUT2D eigenvalue weighted by Crippen LogP contribution is 2.10. The summed E-state index contributed by atoms with van der Waals surface area (Å²) in [5, 5.41) is 30.3. The zero-order valence-corrected chi connectivity index (χ0v) is 20.7. The van der Waals surface area contributed by atoms with Gasteiger partial charge in [0.05, 0.1) is 12.6 Å². The molecule has 10 nitrogen and oxygen atoms in total. The van der Waals surface area contributed by atoms with Crippen LogP contribution in [0.4, 0.5) is 5.69 Å². The summed E-state index contributed by atoms with van der Waals surface area (Å²) in [5.41, 5.74) is 3.81. The first kappa shape index (κ1) is 27.8. The van der Waals surface area contributed by atoms with Crippen LogP contribution in [0.3, 0.4) is 0 Å². The van der Waals surface area contributed by atoms with Gasteiger partial charge in [-0.3, -0.25) is 19.6 Å². The summed E-state index contributed by atoms with van der Waals surface area (Å²) in [6, 6.07) is 12.8. The van der Waals surface area contributed by atoms with E-state index in [1.165, 1.54) is 25.2 Å². The van der Waals surface area contributed by atoms with Crippen LogP contribution < -0.4 is 26.7 Å². The normalized spacial score (nSPS) is 16.5. The van der Waals surface area contributed by atoms with Crippen LogP contribution in [-0.2, 0) is 9.59 Å². The molecule has 3 amide bonds. The largest absolute Gasteiger partial charge is 0.391 e. The summed E-state index contributed by atoms with van der Waals surface area (Å²) in [5.74, 6) is 4.45. The molecular formula is C27H33N5O5. The number of carbonyl (C=O) groups excluding carboxylic acids is 3. The lowest BCUT2D eigenvalue weighted by Gasteiger charge is -2.23. The van der Waals surface area contributed by atoms with Crippen molar-refractivity contribution in [1.82, 2.24) is 21.4 Å². The van der Waals surface area contributed by atoms with Crippen molar-refractivity contribution in [3.8, 4) is 11.8 Å². The summed E-state index contributed by atoms with van der Waals surface area (Å²) in [6.07, 6.45) is 2.37. The SMILES string of the molecule is CC(O)C(NC(=O)c1ccc(C#Cc2ccc(NC(=O)CNCC3CCCCN3)cc2)cc1)C(=O)NO. The second kappa shape index (κ2) is 14.1. The van der Waals surface area contributed by atoms with Crippen LogP contribution in [-0.4, -0.2) is 65.9 Å². The molecule has 1 aliphatic heterocycles. The van der Waals surface area contributed by atoms with Crippen LogP contribution >= 0.6 is 0 Å². The molecule has 196 valence electrons. The van der Waals surface area contributed by atoms with E-state index >= 15 is 0 Å². The van der Waals surface area contributed by atoms with Crippen molar-refractivity contribution in [1.29, 1.82) is 0 Å². The number of amides is 3. The molecule has 2 aromatic rings. The molecule has 10 heteroatoms. The van der Waals surface area contributed by atoms with Crippen LogP contribution in [0.5, 0.6) is 0 Å². The molecule has 3 unspecified atom stereocenters. The van der Waals surface area contributed by atoms with E-state index in [2.05, 4.69) is 33.1 Å². The van der Waals surface area contributed by atoms with Crippen molar-refractivity contribution in [2.75, 3.05) is 25.0 Å². The molecule has 0 aliphatic carbocycles. The van der Waals surface area contributed by atoms with Gasteiger partial charge >= 0.3 is 0 Å². The standard InChI is InChI=1S/C27H33N5O5/c1-18(33)25(27(36)32-37)31-26(35)21-11-7-19(8-12-21)5-6-20-9-13-22(14-10-20)30-24(34)17-28-16-23-4-2-3-15-29-23/h7-14,18,23,25,28-29,33,37H,2-4,15-17H2,1H3,(H,30,34)(H,31,35)(H,32,36). The summed E-state index contributed by atoms with van der Waals surface area (Å²) in [7, 11) is 0. The van der Waals surface area contributed by atoms with Gasteiger partial charge in [-0.15, -0.1) is 0 Å². The van der Waals surface area contributed by atoms with E-state index in [0.717, 1.165) is 25.1 Å². The monoisotopic (exact) mass is 507 g/mol. The van der Waals surface area contributed by atoms with Gasteiger partial charge in [0.1, 0.15) is 6.04 Å². The molecule has 1 aliphatic rings. The van der Waals surface area contributed by atoms with Crippen molar-refractivity contribution in [2.24, 2.45) is 0 Å². The molecule has 1 saturated heterocycles. The van der Waals surface area contributed by atoms with E-state index < -0.39 is 24.0 Å². The Hall–Kier alpha value is -3.75. The van der Waals surface area contributed by atoms with Gasteiger partial charge in [0, 0.05) is 35.0 Å². The predicted molar refractivity (Wildman–Crippen MR) is 139 cm³/mol. The fourth-order valence-corrected chi connectivity index (χ4v) is 3.85. The van der Waals surface area contributed by atoms with E-state index in [4.69, 9.17) is 5.21 Å². The highest BCUT2D eigenvalue weighted by molar-refractivity contribution is 5.97. The summed E-state index contributed by atoms with van der Waals surface area (Å²) in [4.78, 5) is 36.1. The van der Waals surface area contributed by atoms with Crippen LogP contribution in [0.15, 0.2) is 48.5 Å². The molecule has 2 aromatic carbocycles. The van der Waals surface area contributed by atoms with Crippen molar-refractivity contribution in [2.45, 2.75) is 44.4 Å². The number of hydroxylamine groups is 1. The van der Waals surface area contributed by atoms with Gasteiger partial charge in [-0.05, 0) is 74.8 Å². The Kier molecular flexibility index (Phi) is 10.6. The average molecular weight is 508 g/mol. The lowest BCUT2D eigenvalue weighted by molar-refractivity contribution is -0.133. The number of hydrogen-bond donors (Lipinski definition) is 7. The molecule has 3 atom stereocenters. The van der Waals surface area contributed by atoms with E-state index in [-0.39, 0.29) is 18.0 Å². The number of nitrogens with one attached hydrogen (secondary N) is 5. The van der Waals surface area contributed by atoms with Gasteiger partial charge in [0.25, 0.3) is 11.8 Å². The summed E-state index contributed by atoms with van der Waals surface area (Å²) in [6.45, 7) is 3.39. The lowest BCUT2D eigenvalue weighted by Crippen LogP contribution is -2.51. The number of piperidine rings is 1. The first-order chi connectivity index (χ1) is 17.9. The summed E-state index contributed by atoms with van der Waals surface area (Å²) < 4.78 is 0. The van der Waals surface area contributed by atoms with Crippen molar-refractivity contribution in [3.05, 3.63) is 65.2 Å². The Morgan fingerprint density at radius 3 is 2.24 bits per heavy atom. The van der Waals surface area contributed by atoms with Crippen molar-refractivity contribution >= 4 is 23.4 Å². The second-order valence-corrected chi connectivity index (χ2v) is 8.90. The maximum atomic E-state index is 12.4. The molecule has 7 N–H and O–H groups in total. The first-order valence-electron chi connectivity index (χ1n) is 12.2. The topological polar surface area (TPSA) is 152 Å². The molecule has 3 rings (SSSR count). The zero-order chi connectivity index (χ0) is 26.6. The van der Waals surface area contributed by atoms with Gasteiger partial charge < -0.3 is 26.4 Å². The van der Waals surface area contributed by atoms with Crippen LogP contribution in [0.2, 0.25) is 0 Å². The van der Waals surface area contributed by atoms with Gasteiger partial charge in [-0.25, -0.2) is 5.48 Å². The average Bonchev–Trinajstić information content (AvgIpc) is 2.91. The molecule has 0 radical (unpaired) electrons. The fourth-order valence-electron chi connectivity index (χ4n) is 3.85. The van der Waals surface area contributed by atoms with E-state index in [1.54, 1.807) is 36.4 Å². The number of hydrogen-bond acceptors (Lipinski definition) is 7. The molecule has 1 heterocycles. The first-order valence-corrected chi connectivity index (χ1v) is 12.2. The fraction of sp³-hybridized carbons (Fsp3) is 0.370. The van der Waals surface area contributed by atoms with Crippen LogP contribution in [0, 0.1) is 11.8 Å². The summed E-state index contributed by atoms with van der Waals surface area (Å²) >= 11 is 0. The minimum absolute atomic E-state index is 0.101. The molecule has 0 spiro atoms. The minimum Gasteiger partial charge on any atom is -0.391 e. The number of aliphatic hydroxyl groups excluding tert-OH is 1. The Morgan fingerprint density at radius 2 is 1.68 bits per heavy atom. The smallest absolute Gasteiger partial charge is 0.268 e. The third kappa shape index (κ3) is 9.00. The zero-order valence-electron chi connectivity index (χ0n) is 20.7. The number of aliphatic hydroxyl groups is 1. The van der Waals surface area contributed by atoms with Gasteiger partial charge in [-0.2, -0.15) is 0 Å². The van der Waals surface area contributed by atoms with Crippen LogP contribution in [0.1, 0.15) is 47.7 Å². The number of rotatable bonds is 9. The maximum absolute atomic E-state index is 12.4. The third-order valence-electron chi connectivity index (χ3n) is 5.92. The number of anilines is 1. The van der Waals surface area contributed by atoms with Crippen LogP contribution in [0.25, 0.3) is 0 Å². The molecular weight excluding hydrogens is 474 g/mol. The Morgan fingerprint density at radius 1 is 1.03 bits per heavy atom. The molecule has 0 bridgehead atoms. The predicted octanol–water partition coefficient (Wildman–Crippen LogP) is 0.741. The third-order valence-corrected chi connectivity index (χ3v) is 5.92. The molecule has 37 heavy (non-hydrogen) atoms. The van der Waals surface area contributed by atoms with Gasteiger partial charge in [-0.1, -0.05) is 18.3 Å². The quantitative estimate of drug-likeness (QED) is 0.150. The molecule has 0 aromatic heterocycles. The molecule has 0 saturated carbocycles. The van der Waals surface area contributed by atoms with E-state index in [1.807, 2.05) is 12.1 Å². The van der Waals surface area contributed by atoms with E-state index in [9.17, 15) is 19.5 Å². The number of benzene rings is 2. The molecule has 1 fully saturated rings. The highest BCUT2D eigenvalue weighted by Gasteiger charge is 2.25. The van der Waals surface area contributed by atoms with Gasteiger partial charge in [0.15, 0.2) is 0 Å². The number of carbonyl (C=O) groups is 3. The maximum Gasteiger partial charge on any atom is 0.268 e. The Labute approximate surface area is 216 Å². The Bertz CT molecular complexity index is 1120. The second-order valence-electron chi connectivity index (χ2n) is 8.90. The van der Waals surface area contributed by atoms with Gasteiger partial charge in [0.2, 0.25) is 5.91 Å². The van der Waals surface area contributed by atoms with Crippen molar-refractivity contribution in [3.63, 3.8) is 0 Å². The lowest BCUT2D eigenvalue weighted by atomic mass is 10.1.